The third-order valence-corrected chi connectivity index (χ3v) is 6.07. The summed E-state index contributed by atoms with van der Waals surface area (Å²) in [5, 5.41) is 10.5. The van der Waals surface area contributed by atoms with Crippen LogP contribution < -0.4 is 4.31 Å². The van der Waals surface area contributed by atoms with Crippen molar-refractivity contribution in [3.63, 3.8) is 0 Å². The second-order valence-corrected chi connectivity index (χ2v) is 8.04. The Morgan fingerprint density at radius 1 is 1.13 bits per heavy atom. The number of nitrogens with zero attached hydrogens (tertiary/aromatic N) is 4. The molecule has 23 heavy (non-hydrogen) atoms. The molecule has 0 saturated carbocycles. The highest BCUT2D eigenvalue weighted by Gasteiger charge is 2.27. The smallest absolute Gasteiger partial charge is 0.249 e. The number of sulfonamides is 1. The molecule has 0 aliphatic rings. The van der Waals surface area contributed by atoms with Crippen LogP contribution in [0.25, 0.3) is 10.6 Å². The first-order chi connectivity index (χ1) is 10.9. The molecule has 6 nitrogen and oxygen atoms in total. The fraction of sp³-hybridized carbons (Fsp3) is 0.200. The quantitative estimate of drug-likeness (QED) is 0.727. The molecule has 1 aromatic carbocycles. The molecular weight excluding hydrogens is 332 g/mol. The van der Waals surface area contributed by atoms with Crippen LogP contribution in [0.5, 0.6) is 0 Å². The van der Waals surface area contributed by atoms with Crippen LogP contribution in [0.3, 0.4) is 0 Å². The van der Waals surface area contributed by atoms with Gasteiger partial charge >= 0.3 is 0 Å². The van der Waals surface area contributed by atoms with E-state index in [0.29, 0.717) is 11.5 Å². The van der Waals surface area contributed by atoms with Crippen LogP contribution in [0.1, 0.15) is 5.56 Å². The molecule has 0 amide bonds. The first-order valence-corrected chi connectivity index (χ1v) is 9.22. The summed E-state index contributed by atoms with van der Waals surface area (Å²) < 4.78 is 26.8. The van der Waals surface area contributed by atoms with Gasteiger partial charge in [-0.2, -0.15) is 9.90 Å². The van der Waals surface area contributed by atoms with Gasteiger partial charge in [0.25, 0.3) is 10.0 Å². The average molecular weight is 348 g/mol. The number of hydrogen-bond donors (Lipinski definition) is 0. The lowest BCUT2D eigenvalue weighted by Gasteiger charge is -2.17. The van der Waals surface area contributed by atoms with Gasteiger partial charge in [0.2, 0.25) is 0 Å². The molecule has 0 aliphatic heterocycles. The van der Waals surface area contributed by atoms with Gasteiger partial charge in [0, 0.05) is 14.1 Å². The third kappa shape index (κ3) is 2.87. The fourth-order valence-corrected chi connectivity index (χ4v) is 4.01. The van der Waals surface area contributed by atoms with E-state index in [-0.39, 0.29) is 4.90 Å². The molecule has 0 bridgehead atoms. The summed E-state index contributed by atoms with van der Waals surface area (Å²) >= 11 is 1.49. The van der Waals surface area contributed by atoms with Gasteiger partial charge in [-0.15, -0.1) is 16.4 Å². The Morgan fingerprint density at radius 2 is 1.83 bits per heavy atom. The van der Waals surface area contributed by atoms with E-state index < -0.39 is 10.0 Å². The molecule has 0 spiro atoms. The summed E-state index contributed by atoms with van der Waals surface area (Å²) in [4.78, 5) is 2.48. The summed E-state index contributed by atoms with van der Waals surface area (Å²) in [5.74, 6) is 0.315. The number of aromatic nitrogens is 3. The number of rotatable bonds is 4. The lowest BCUT2D eigenvalue weighted by molar-refractivity contribution is 0.593. The molecule has 0 atom stereocenters. The Morgan fingerprint density at radius 3 is 2.43 bits per heavy atom. The van der Waals surface area contributed by atoms with Crippen molar-refractivity contribution in [1.29, 1.82) is 0 Å². The lowest BCUT2D eigenvalue weighted by Crippen LogP contribution is -2.27. The normalized spacial score (nSPS) is 11.6. The van der Waals surface area contributed by atoms with Crippen LogP contribution in [-0.2, 0) is 17.1 Å². The van der Waals surface area contributed by atoms with Gasteiger partial charge in [-0.1, -0.05) is 23.8 Å². The summed E-state index contributed by atoms with van der Waals surface area (Å²) in [6.07, 6.45) is 0. The van der Waals surface area contributed by atoms with Gasteiger partial charge < -0.3 is 0 Å². The SMILES string of the molecule is Cc1ccc(S(=O)(=O)N(C)c2nn(C)nc2-c2cccs2)cc1. The maximum absolute atomic E-state index is 12.8. The molecule has 2 aromatic heterocycles. The van der Waals surface area contributed by atoms with Crippen molar-refractivity contribution in [3.8, 4) is 10.6 Å². The van der Waals surface area contributed by atoms with Crippen LogP contribution in [0.2, 0.25) is 0 Å². The second kappa shape index (κ2) is 5.78. The Balaban J connectivity index is 2.07. The maximum atomic E-state index is 12.8. The van der Waals surface area contributed by atoms with Crippen molar-refractivity contribution in [2.24, 2.45) is 7.05 Å². The molecule has 0 N–H and O–H groups in total. The summed E-state index contributed by atoms with van der Waals surface area (Å²) in [6, 6.07) is 10.5. The Bertz CT molecular complexity index is 913. The molecular formula is C15H16N4O2S2. The van der Waals surface area contributed by atoms with E-state index >= 15 is 0 Å². The van der Waals surface area contributed by atoms with Gasteiger partial charge in [-0.3, -0.25) is 0 Å². The molecule has 0 radical (unpaired) electrons. The molecule has 0 aliphatic carbocycles. The first kappa shape index (κ1) is 15.7. The Labute approximate surface area is 139 Å². The maximum Gasteiger partial charge on any atom is 0.265 e. The summed E-state index contributed by atoms with van der Waals surface area (Å²) in [5.41, 5.74) is 1.56. The van der Waals surface area contributed by atoms with Crippen molar-refractivity contribution >= 4 is 27.2 Å². The van der Waals surface area contributed by atoms with Crippen LogP contribution in [-0.4, -0.2) is 30.5 Å². The molecule has 120 valence electrons. The molecule has 3 rings (SSSR count). The van der Waals surface area contributed by atoms with Crippen molar-refractivity contribution in [1.82, 2.24) is 15.0 Å². The zero-order valence-corrected chi connectivity index (χ0v) is 14.6. The van der Waals surface area contributed by atoms with Crippen LogP contribution in [0, 0.1) is 6.92 Å². The standard InChI is InChI=1S/C15H16N4O2S2/c1-11-6-8-12(9-7-11)23(20,21)18(2)15-14(16-19(3)17-15)13-5-4-10-22-13/h4-10H,1-3H3. The predicted molar refractivity (Wildman–Crippen MR) is 91.1 cm³/mol. The number of hydrogen-bond acceptors (Lipinski definition) is 5. The molecule has 8 heteroatoms. The Kier molecular flexibility index (Phi) is 3.95. The van der Waals surface area contributed by atoms with E-state index in [1.54, 1.807) is 31.3 Å². The average Bonchev–Trinajstić information content (AvgIpc) is 3.15. The van der Waals surface area contributed by atoms with Crippen molar-refractivity contribution in [3.05, 3.63) is 47.3 Å². The second-order valence-electron chi connectivity index (χ2n) is 5.12. The van der Waals surface area contributed by atoms with E-state index in [4.69, 9.17) is 0 Å². The third-order valence-electron chi connectivity index (χ3n) is 3.43. The van der Waals surface area contributed by atoms with E-state index in [9.17, 15) is 8.42 Å². The van der Waals surface area contributed by atoms with E-state index in [1.165, 1.54) is 27.5 Å². The zero-order valence-electron chi connectivity index (χ0n) is 13.0. The van der Waals surface area contributed by atoms with E-state index in [0.717, 1.165) is 10.4 Å². The van der Waals surface area contributed by atoms with Gasteiger partial charge in [0.05, 0.1) is 9.77 Å². The summed E-state index contributed by atoms with van der Waals surface area (Å²) in [7, 11) is -0.517. The van der Waals surface area contributed by atoms with E-state index in [1.807, 2.05) is 24.4 Å². The van der Waals surface area contributed by atoms with Crippen molar-refractivity contribution in [2.45, 2.75) is 11.8 Å². The van der Waals surface area contributed by atoms with Crippen LogP contribution in [0.15, 0.2) is 46.7 Å². The number of benzene rings is 1. The monoisotopic (exact) mass is 348 g/mol. The van der Waals surface area contributed by atoms with Gasteiger partial charge in [-0.25, -0.2) is 12.7 Å². The lowest BCUT2D eigenvalue weighted by atomic mass is 10.2. The van der Waals surface area contributed by atoms with E-state index in [2.05, 4.69) is 10.2 Å². The highest BCUT2D eigenvalue weighted by atomic mass is 32.2. The number of thiophene rings is 1. The first-order valence-electron chi connectivity index (χ1n) is 6.90. The zero-order chi connectivity index (χ0) is 16.6. The molecule has 0 fully saturated rings. The minimum Gasteiger partial charge on any atom is -0.249 e. The number of aryl methyl sites for hydroxylation is 2. The fourth-order valence-electron chi connectivity index (χ4n) is 2.16. The van der Waals surface area contributed by atoms with Crippen LogP contribution >= 0.6 is 11.3 Å². The largest absolute Gasteiger partial charge is 0.265 e. The van der Waals surface area contributed by atoms with Crippen molar-refractivity contribution < 1.29 is 8.42 Å². The molecule has 3 aromatic rings. The molecule has 0 unspecified atom stereocenters. The van der Waals surface area contributed by atoms with Gasteiger partial charge in [-0.05, 0) is 30.5 Å². The minimum atomic E-state index is -3.69. The van der Waals surface area contributed by atoms with Gasteiger partial charge in [0.15, 0.2) is 5.82 Å². The summed E-state index contributed by atoms with van der Waals surface area (Å²) in [6.45, 7) is 1.91. The molecule has 0 saturated heterocycles. The van der Waals surface area contributed by atoms with Gasteiger partial charge in [0.1, 0.15) is 5.69 Å². The topological polar surface area (TPSA) is 68.1 Å². The van der Waals surface area contributed by atoms with Crippen LogP contribution in [0.4, 0.5) is 5.82 Å². The predicted octanol–water partition coefficient (Wildman–Crippen LogP) is 2.68. The molecule has 2 heterocycles. The minimum absolute atomic E-state index is 0.230. The highest BCUT2D eigenvalue weighted by Crippen LogP contribution is 2.32. The van der Waals surface area contributed by atoms with Crippen molar-refractivity contribution in [2.75, 3.05) is 11.4 Å². The highest BCUT2D eigenvalue weighted by molar-refractivity contribution is 7.92. The number of anilines is 1. The Hall–Kier alpha value is -2.19.